The Morgan fingerprint density at radius 2 is 0.782 bits per heavy atom. The fourth-order valence-electron chi connectivity index (χ4n) is 7.53. The highest BCUT2D eigenvalue weighted by atomic mass is 15.1. The number of anilines is 3. The molecule has 0 saturated heterocycles. The van der Waals surface area contributed by atoms with Crippen molar-refractivity contribution in [1.82, 2.24) is 19.9 Å². The van der Waals surface area contributed by atoms with E-state index in [9.17, 15) is 0 Å². The molecule has 2 heterocycles. The number of pyridine rings is 1. The average molecular weight is 704 g/mol. The van der Waals surface area contributed by atoms with E-state index in [2.05, 4.69) is 138 Å². The minimum atomic E-state index is 0.609. The van der Waals surface area contributed by atoms with Crippen LogP contribution in [0.4, 0.5) is 17.1 Å². The van der Waals surface area contributed by atoms with Crippen molar-refractivity contribution in [3.63, 3.8) is 0 Å². The third kappa shape index (κ3) is 5.94. The topological polar surface area (TPSA) is 54.8 Å². The lowest BCUT2D eigenvalue weighted by atomic mass is 9.91. The van der Waals surface area contributed by atoms with E-state index in [-0.39, 0.29) is 0 Å². The van der Waals surface area contributed by atoms with Crippen LogP contribution in [0.3, 0.4) is 0 Å². The fourth-order valence-corrected chi connectivity index (χ4v) is 7.53. The average Bonchev–Trinajstić information content (AvgIpc) is 3.27. The Morgan fingerprint density at radius 1 is 0.309 bits per heavy atom. The van der Waals surface area contributed by atoms with E-state index >= 15 is 0 Å². The van der Waals surface area contributed by atoms with Crippen molar-refractivity contribution in [3.8, 4) is 45.4 Å². The van der Waals surface area contributed by atoms with Crippen LogP contribution in [0.1, 0.15) is 0 Å². The first-order valence-corrected chi connectivity index (χ1v) is 18.4. The Kier molecular flexibility index (Phi) is 8.08. The van der Waals surface area contributed by atoms with Crippen LogP contribution in [0.15, 0.2) is 200 Å². The number of para-hydroxylation sites is 2. The predicted octanol–water partition coefficient (Wildman–Crippen LogP) is 12.9. The Balaban J connectivity index is 1.29. The fraction of sp³-hybridized carbons (Fsp3) is 0. The molecule has 0 saturated carbocycles. The summed E-state index contributed by atoms with van der Waals surface area (Å²) in [5.41, 5.74) is 8.86. The summed E-state index contributed by atoms with van der Waals surface area (Å²) < 4.78 is 0. The standard InChI is InChI=1S/C50H33N5/c1-6-18-34(19-7-1)47-44-33-42(50-53-48(35-20-8-2-9-21-35)52-49(54-50)36-22-10-3-11-23-36)40-28-16-17-29-41(40)46(44)43-32-39(30-31-45(43)51-47)55(37-24-12-4-13-25-37)38-26-14-5-15-27-38/h1-33H. The summed E-state index contributed by atoms with van der Waals surface area (Å²) in [6, 6.07) is 69.2. The monoisotopic (exact) mass is 703 g/mol. The number of aromatic nitrogens is 4. The third-order valence-corrected chi connectivity index (χ3v) is 10.1. The Labute approximate surface area is 318 Å². The highest BCUT2D eigenvalue weighted by Gasteiger charge is 2.21. The van der Waals surface area contributed by atoms with E-state index in [1.54, 1.807) is 0 Å². The summed E-state index contributed by atoms with van der Waals surface area (Å²) in [7, 11) is 0. The SMILES string of the molecule is c1ccc(-c2nc(-c3ccccc3)nc(-c3cc4c(-c5ccccc5)nc5ccc(N(c6ccccc6)c6ccccc6)cc5c4c4ccccc34)n2)cc1. The van der Waals surface area contributed by atoms with E-state index in [0.29, 0.717) is 17.5 Å². The van der Waals surface area contributed by atoms with Gasteiger partial charge in [0.25, 0.3) is 0 Å². The van der Waals surface area contributed by atoms with E-state index < -0.39 is 0 Å². The van der Waals surface area contributed by atoms with Crippen LogP contribution >= 0.6 is 0 Å². The second kappa shape index (κ2) is 13.8. The first-order chi connectivity index (χ1) is 27.3. The predicted molar refractivity (Wildman–Crippen MR) is 227 cm³/mol. The Morgan fingerprint density at radius 3 is 1.35 bits per heavy atom. The molecular weight excluding hydrogens is 671 g/mol. The molecule has 0 aliphatic carbocycles. The van der Waals surface area contributed by atoms with Crippen LogP contribution in [0.5, 0.6) is 0 Å². The Bertz CT molecular complexity index is 2860. The highest BCUT2D eigenvalue weighted by molar-refractivity contribution is 6.25. The molecule has 0 radical (unpaired) electrons. The van der Waals surface area contributed by atoms with Crippen LogP contribution in [-0.2, 0) is 0 Å². The summed E-state index contributed by atoms with van der Waals surface area (Å²) in [5.74, 6) is 1.86. The van der Waals surface area contributed by atoms with Crippen LogP contribution in [0.25, 0.3) is 77.9 Å². The number of fused-ring (bicyclic) bond motifs is 5. The van der Waals surface area contributed by atoms with Crippen LogP contribution in [0.2, 0.25) is 0 Å². The van der Waals surface area contributed by atoms with Gasteiger partial charge in [0.1, 0.15) is 0 Å². The second-order valence-corrected chi connectivity index (χ2v) is 13.5. The largest absolute Gasteiger partial charge is 0.310 e. The van der Waals surface area contributed by atoms with Crippen LogP contribution in [0, 0.1) is 0 Å². The van der Waals surface area contributed by atoms with Gasteiger partial charge in [-0.05, 0) is 59.3 Å². The zero-order chi connectivity index (χ0) is 36.6. The molecule has 2 aromatic heterocycles. The molecule has 0 N–H and O–H groups in total. The number of benzene rings is 8. The second-order valence-electron chi connectivity index (χ2n) is 13.5. The van der Waals surface area contributed by atoms with E-state index in [4.69, 9.17) is 19.9 Å². The minimum absolute atomic E-state index is 0.609. The molecule has 8 aromatic carbocycles. The smallest absolute Gasteiger partial charge is 0.164 e. The number of hydrogen-bond acceptors (Lipinski definition) is 5. The molecule has 258 valence electrons. The van der Waals surface area contributed by atoms with Gasteiger partial charge in [-0.25, -0.2) is 19.9 Å². The first-order valence-electron chi connectivity index (χ1n) is 18.4. The molecule has 10 aromatic rings. The van der Waals surface area contributed by atoms with Crippen LogP contribution < -0.4 is 4.90 Å². The molecule has 0 bridgehead atoms. The maximum Gasteiger partial charge on any atom is 0.164 e. The van der Waals surface area contributed by atoms with Gasteiger partial charge in [-0.2, -0.15) is 0 Å². The summed E-state index contributed by atoms with van der Waals surface area (Å²) in [6.07, 6.45) is 0. The maximum absolute atomic E-state index is 5.42. The summed E-state index contributed by atoms with van der Waals surface area (Å²) in [6.45, 7) is 0. The van der Waals surface area contributed by atoms with Crippen molar-refractivity contribution < 1.29 is 0 Å². The first kappa shape index (κ1) is 32.2. The molecule has 55 heavy (non-hydrogen) atoms. The van der Waals surface area contributed by atoms with Crippen molar-refractivity contribution in [2.45, 2.75) is 0 Å². The third-order valence-electron chi connectivity index (χ3n) is 10.1. The zero-order valence-corrected chi connectivity index (χ0v) is 29.8. The highest BCUT2D eigenvalue weighted by Crippen LogP contribution is 2.43. The molecule has 0 aliphatic heterocycles. The lowest BCUT2D eigenvalue weighted by Gasteiger charge is -2.26. The van der Waals surface area contributed by atoms with Gasteiger partial charge < -0.3 is 4.90 Å². The van der Waals surface area contributed by atoms with Gasteiger partial charge in [0.05, 0.1) is 11.2 Å². The van der Waals surface area contributed by atoms with Gasteiger partial charge >= 0.3 is 0 Å². The van der Waals surface area contributed by atoms with Crippen molar-refractivity contribution in [2.24, 2.45) is 0 Å². The van der Waals surface area contributed by atoms with Crippen LogP contribution in [-0.4, -0.2) is 19.9 Å². The molecule has 0 spiro atoms. The normalized spacial score (nSPS) is 11.3. The minimum Gasteiger partial charge on any atom is -0.310 e. The molecule has 0 fully saturated rings. The number of nitrogens with zero attached hydrogens (tertiary/aromatic N) is 5. The summed E-state index contributed by atoms with van der Waals surface area (Å²) in [5, 5.41) is 5.38. The summed E-state index contributed by atoms with van der Waals surface area (Å²) >= 11 is 0. The molecule has 0 amide bonds. The van der Waals surface area contributed by atoms with Gasteiger partial charge in [0.2, 0.25) is 0 Å². The van der Waals surface area contributed by atoms with E-state index in [1.165, 1.54) is 0 Å². The van der Waals surface area contributed by atoms with Crippen molar-refractivity contribution in [2.75, 3.05) is 4.90 Å². The molecular formula is C50H33N5. The molecule has 5 nitrogen and oxygen atoms in total. The lowest BCUT2D eigenvalue weighted by molar-refractivity contribution is 1.08. The van der Waals surface area contributed by atoms with E-state index in [1.807, 2.05) is 66.7 Å². The van der Waals surface area contributed by atoms with Gasteiger partial charge in [-0.15, -0.1) is 0 Å². The van der Waals surface area contributed by atoms with Crippen molar-refractivity contribution in [1.29, 1.82) is 0 Å². The van der Waals surface area contributed by atoms with E-state index in [0.717, 1.165) is 77.5 Å². The molecule has 0 aliphatic rings. The van der Waals surface area contributed by atoms with Crippen molar-refractivity contribution >= 4 is 49.5 Å². The number of rotatable bonds is 7. The molecule has 0 unspecified atom stereocenters. The lowest BCUT2D eigenvalue weighted by Crippen LogP contribution is -2.09. The van der Waals surface area contributed by atoms with Crippen molar-refractivity contribution in [3.05, 3.63) is 200 Å². The molecule has 5 heteroatoms. The number of hydrogen-bond donors (Lipinski definition) is 0. The Hall–Kier alpha value is -7.50. The van der Waals surface area contributed by atoms with Gasteiger partial charge in [0, 0.05) is 55.5 Å². The quantitative estimate of drug-likeness (QED) is 0.155. The molecule has 10 rings (SSSR count). The van der Waals surface area contributed by atoms with Gasteiger partial charge in [-0.1, -0.05) is 152 Å². The maximum atomic E-state index is 5.42. The van der Waals surface area contributed by atoms with Gasteiger partial charge in [0.15, 0.2) is 17.5 Å². The zero-order valence-electron chi connectivity index (χ0n) is 29.8. The molecule has 0 atom stereocenters. The summed E-state index contributed by atoms with van der Waals surface area (Å²) in [4.78, 5) is 23.1. The van der Waals surface area contributed by atoms with Gasteiger partial charge in [-0.3, -0.25) is 0 Å².